The summed E-state index contributed by atoms with van der Waals surface area (Å²) >= 11 is 0. The molecule has 2 rings (SSSR count). The van der Waals surface area contributed by atoms with Crippen molar-refractivity contribution in [3.8, 4) is 11.4 Å². The second-order valence-electron chi connectivity index (χ2n) is 4.67. The zero-order chi connectivity index (χ0) is 21.0. The average molecular weight is 439 g/mol. The maximum Gasteiger partial charge on any atom is 0.310 e. The molecule has 0 saturated carbocycles. The van der Waals surface area contributed by atoms with Crippen molar-refractivity contribution < 1.29 is 35.6 Å². The predicted molar refractivity (Wildman–Crippen MR) is 109 cm³/mol. The zero-order valence-corrected chi connectivity index (χ0v) is 17.3. The molecular formula is C22H24N2NiO4. The summed E-state index contributed by atoms with van der Waals surface area (Å²) in [6.45, 7) is 6.74. The number of methoxy groups -OCH3 is 2. The van der Waals surface area contributed by atoms with E-state index in [0.717, 1.165) is 11.4 Å². The number of hydrogen-bond acceptors (Lipinski definition) is 6. The molecule has 4 radical (unpaired) electrons. The molecule has 2 heterocycles. The Morgan fingerprint density at radius 3 is 1.41 bits per heavy atom. The van der Waals surface area contributed by atoms with Gasteiger partial charge in [0, 0.05) is 28.9 Å². The van der Waals surface area contributed by atoms with Crippen LogP contribution in [0.1, 0.15) is 0 Å². The normalized spacial score (nSPS) is 8.48. The molecule has 0 unspecified atom stereocenters. The number of pyridine rings is 2. The first kappa shape index (κ1) is 28.4. The van der Waals surface area contributed by atoms with Crippen molar-refractivity contribution in [3.05, 3.63) is 99.8 Å². The first-order valence-corrected chi connectivity index (χ1v) is 8.15. The molecule has 6 nitrogen and oxygen atoms in total. The molecule has 0 aromatic carbocycles. The molecule has 0 N–H and O–H groups in total. The SMILES string of the molecule is C=C[CH][CH]C(=O)OC.C=C[CH][CH]C(=O)OC.[Ni].c1ccc(-c2ccccn2)nc1. The molecule has 0 saturated heterocycles. The fourth-order valence-corrected chi connectivity index (χ4v) is 1.46. The van der Waals surface area contributed by atoms with Gasteiger partial charge < -0.3 is 9.47 Å². The Morgan fingerprint density at radius 2 is 1.17 bits per heavy atom. The Balaban J connectivity index is 0. The van der Waals surface area contributed by atoms with E-state index < -0.39 is 0 Å². The Labute approximate surface area is 183 Å². The third-order valence-corrected chi connectivity index (χ3v) is 2.73. The summed E-state index contributed by atoms with van der Waals surface area (Å²) in [5.74, 6) is -0.713. The molecule has 0 fully saturated rings. The fourth-order valence-electron chi connectivity index (χ4n) is 1.46. The van der Waals surface area contributed by atoms with Crippen molar-refractivity contribution >= 4 is 11.9 Å². The van der Waals surface area contributed by atoms with Crippen LogP contribution in [0.15, 0.2) is 74.1 Å². The number of nitrogens with zero attached hydrogens (tertiary/aromatic N) is 2. The van der Waals surface area contributed by atoms with Crippen LogP contribution in [0.5, 0.6) is 0 Å². The number of hydrogen-bond donors (Lipinski definition) is 0. The van der Waals surface area contributed by atoms with E-state index in [4.69, 9.17) is 0 Å². The molecule has 0 aliphatic carbocycles. The van der Waals surface area contributed by atoms with Gasteiger partial charge in [-0.1, -0.05) is 24.3 Å². The van der Waals surface area contributed by atoms with Crippen molar-refractivity contribution in [1.82, 2.24) is 9.97 Å². The van der Waals surface area contributed by atoms with E-state index in [1.807, 2.05) is 36.4 Å². The molecule has 0 aliphatic heterocycles. The van der Waals surface area contributed by atoms with Crippen molar-refractivity contribution in [3.63, 3.8) is 0 Å². The van der Waals surface area contributed by atoms with Crippen LogP contribution in [0, 0.1) is 25.7 Å². The summed E-state index contributed by atoms with van der Waals surface area (Å²) in [7, 11) is 2.66. The van der Waals surface area contributed by atoms with Crippen molar-refractivity contribution in [2.75, 3.05) is 14.2 Å². The quantitative estimate of drug-likeness (QED) is 0.484. The number of allylic oxidation sites excluding steroid dienone is 2. The van der Waals surface area contributed by atoms with Gasteiger partial charge in [0.2, 0.25) is 0 Å². The van der Waals surface area contributed by atoms with Gasteiger partial charge in [0.05, 0.1) is 38.4 Å². The first-order chi connectivity index (χ1) is 13.6. The van der Waals surface area contributed by atoms with E-state index in [2.05, 4.69) is 32.6 Å². The van der Waals surface area contributed by atoms with E-state index >= 15 is 0 Å². The second kappa shape index (κ2) is 20.0. The number of ether oxygens (including phenoxy) is 2. The molecule has 0 bridgehead atoms. The summed E-state index contributed by atoms with van der Waals surface area (Å²) in [6.07, 6.45) is 12.2. The van der Waals surface area contributed by atoms with Crippen molar-refractivity contribution in [1.29, 1.82) is 0 Å². The Bertz CT molecular complexity index is 633. The molecule has 2 aromatic heterocycles. The summed E-state index contributed by atoms with van der Waals surface area (Å²) < 4.78 is 8.56. The van der Waals surface area contributed by atoms with Gasteiger partial charge >= 0.3 is 11.9 Å². The van der Waals surface area contributed by atoms with Gasteiger partial charge in [-0.3, -0.25) is 19.6 Å². The number of carbonyl (C=O) groups is 2. The van der Waals surface area contributed by atoms with Crippen LogP contribution in [0.4, 0.5) is 0 Å². The van der Waals surface area contributed by atoms with Crippen LogP contribution in [0.25, 0.3) is 11.4 Å². The minimum absolute atomic E-state index is 0. The molecule has 0 atom stereocenters. The van der Waals surface area contributed by atoms with Crippen LogP contribution in [-0.4, -0.2) is 36.1 Å². The summed E-state index contributed by atoms with van der Waals surface area (Å²) in [6, 6.07) is 11.6. The molecule has 7 heteroatoms. The van der Waals surface area contributed by atoms with Crippen LogP contribution in [0.3, 0.4) is 0 Å². The van der Waals surface area contributed by atoms with Gasteiger partial charge in [-0.25, -0.2) is 0 Å². The van der Waals surface area contributed by atoms with E-state index in [1.165, 1.54) is 52.1 Å². The van der Waals surface area contributed by atoms with Gasteiger partial charge in [-0.2, -0.15) is 0 Å². The Morgan fingerprint density at radius 1 is 0.793 bits per heavy atom. The molecule has 2 aromatic rings. The zero-order valence-electron chi connectivity index (χ0n) is 16.3. The molecule has 0 aliphatic rings. The molecule has 0 spiro atoms. The molecule has 29 heavy (non-hydrogen) atoms. The van der Waals surface area contributed by atoms with Gasteiger partial charge in [-0.15, -0.1) is 13.2 Å². The minimum Gasteiger partial charge on any atom is -0.469 e. The molecular weight excluding hydrogens is 415 g/mol. The number of esters is 2. The van der Waals surface area contributed by atoms with Crippen molar-refractivity contribution in [2.45, 2.75) is 0 Å². The Hall–Kier alpha value is -2.79. The van der Waals surface area contributed by atoms with Gasteiger partial charge in [0.25, 0.3) is 0 Å². The molecule has 0 amide bonds. The van der Waals surface area contributed by atoms with Gasteiger partial charge in [0.1, 0.15) is 0 Å². The maximum atomic E-state index is 10.2. The summed E-state index contributed by atoms with van der Waals surface area (Å²) in [4.78, 5) is 28.8. The third kappa shape index (κ3) is 15.9. The van der Waals surface area contributed by atoms with Crippen LogP contribution in [0.2, 0.25) is 0 Å². The standard InChI is InChI=1S/C10H8N2.2C6H8O2.Ni/c1-3-7-11-9(5-1)10-6-2-4-8-12-10;2*1-3-4-5-6(7)8-2;/h1-8H;2*3-5H,1H2,2H3;. The van der Waals surface area contributed by atoms with Gasteiger partial charge in [-0.05, 0) is 37.1 Å². The third-order valence-electron chi connectivity index (χ3n) is 2.73. The summed E-state index contributed by atoms with van der Waals surface area (Å²) in [5, 5.41) is 0. The first-order valence-electron chi connectivity index (χ1n) is 8.15. The van der Waals surface area contributed by atoms with E-state index in [9.17, 15) is 9.59 Å². The largest absolute Gasteiger partial charge is 0.469 e. The summed E-state index contributed by atoms with van der Waals surface area (Å²) in [5.41, 5.74) is 1.83. The fraction of sp³-hybridized carbons (Fsp3) is 0.0909. The topological polar surface area (TPSA) is 78.4 Å². The van der Waals surface area contributed by atoms with Crippen LogP contribution in [-0.2, 0) is 35.6 Å². The van der Waals surface area contributed by atoms with Crippen LogP contribution >= 0.6 is 0 Å². The van der Waals surface area contributed by atoms with Crippen LogP contribution < -0.4 is 0 Å². The molecule has 156 valence electrons. The van der Waals surface area contributed by atoms with E-state index in [0.29, 0.717) is 0 Å². The minimum atomic E-state index is -0.357. The number of aromatic nitrogens is 2. The monoisotopic (exact) mass is 438 g/mol. The number of carbonyl (C=O) groups excluding carboxylic acids is 2. The average Bonchev–Trinajstić information content (AvgIpc) is 2.77. The number of rotatable bonds is 7. The Kier molecular flexibility index (Phi) is 19.6. The van der Waals surface area contributed by atoms with E-state index in [-0.39, 0.29) is 28.4 Å². The van der Waals surface area contributed by atoms with Crippen molar-refractivity contribution in [2.24, 2.45) is 0 Å². The smallest absolute Gasteiger partial charge is 0.310 e. The van der Waals surface area contributed by atoms with E-state index in [1.54, 1.807) is 12.4 Å². The second-order valence-corrected chi connectivity index (χ2v) is 4.67. The van der Waals surface area contributed by atoms with Gasteiger partial charge in [0.15, 0.2) is 0 Å². The maximum absolute atomic E-state index is 10.2. The predicted octanol–water partition coefficient (Wildman–Crippen LogP) is 3.65.